The molecule has 0 aliphatic rings. The molecule has 0 aliphatic heterocycles. The van der Waals surface area contributed by atoms with Gasteiger partial charge in [-0.1, -0.05) is 23.7 Å². The minimum atomic E-state index is -4.32. The third-order valence-corrected chi connectivity index (χ3v) is 2.45. The zero-order valence-corrected chi connectivity index (χ0v) is 11.1. The lowest BCUT2D eigenvalue weighted by Gasteiger charge is -2.13. The first-order valence-electron chi connectivity index (χ1n) is 5.63. The van der Waals surface area contributed by atoms with Gasteiger partial charge in [0, 0.05) is 12.1 Å². The topological polar surface area (TPSA) is 30.5 Å². The van der Waals surface area contributed by atoms with Crippen molar-refractivity contribution in [1.29, 1.82) is 0 Å². The van der Waals surface area contributed by atoms with E-state index in [4.69, 9.17) is 16.3 Å². The summed E-state index contributed by atoms with van der Waals surface area (Å²) in [4.78, 5) is 0. The number of alkyl halides is 3. The molecule has 1 N–H and O–H groups in total. The van der Waals surface area contributed by atoms with Gasteiger partial charge in [0.15, 0.2) is 0 Å². The Labute approximate surface area is 114 Å². The molecule has 0 aliphatic carbocycles. The Morgan fingerprint density at radius 2 is 2.00 bits per heavy atom. The Balaban J connectivity index is 2.44. The highest BCUT2D eigenvalue weighted by Crippen LogP contribution is 2.28. The van der Waals surface area contributed by atoms with Crippen LogP contribution in [0.2, 0.25) is 5.02 Å². The molecular weight excluding hydrogens is 283 g/mol. The van der Waals surface area contributed by atoms with Gasteiger partial charge in [-0.3, -0.25) is 0 Å². The summed E-state index contributed by atoms with van der Waals surface area (Å²) in [5.74, 6) is 0.467. The summed E-state index contributed by atoms with van der Waals surface area (Å²) in [5.41, 5.74) is 0.839. The summed E-state index contributed by atoms with van der Waals surface area (Å²) < 4.78 is 45.3. The Bertz CT molecular complexity index is 399. The maximum atomic E-state index is 11.8. The summed E-state index contributed by atoms with van der Waals surface area (Å²) in [7, 11) is 1.77. The average molecular weight is 298 g/mol. The van der Waals surface area contributed by atoms with E-state index in [2.05, 4.69) is 10.1 Å². The first-order valence-corrected chi connectivity index (χ1v) is 6.01. The van der Waals surface area contributed by atoms with Gasteiger partial charge in [-0.05, 0) is 13.1 Å². The van der Waals surface area contributed by atoms with E-state index >= 15 is 0 Å². The molecule has 0 unspecified atom stereocenters. The van der Waals surface area contributed by atoms with Crippen molar-refractivity contribution < 1.29 is 22.6 Å². The van der Waals surface area contributed by atoms with Gasteiger partial charge >= 0.3 is 6.18 Å². The monoisotopic (exact) mass is 297 g/mol. The zero-order chi connectivity index (χ0) is 14.3. The van der Waals surface area contributed by atoms with Crippen LogP contribution in [-0.2, 0) is 11.3 Å². The van der Waals surface area contributed by atoms with Crippen LogP contribution in [-0.4, -0.2) is 33.0 Å². The van der Waals surface area contributed by atoms with Crippen LogP contribution in [0.1, 0.15) is 5.56 Å². The number of hydrogen-bond donors (Lipinski definition) is 1. The van der Waals surface area contributed by atoms with Crippen molar-refractivity contribution in [3.8, 4) is 5.75 Å². The molecule has 0 spiro atoms. The highest BCUT2D eigenvalue weighted by atomic mass is 35.5. The van der Waals surface area contributed by atoms with Crippen molar-refractivity contribution in [3.63, 3.8) is 0 Å². The smallest absolute Gasteiger partial charge is 0.411 e. The fraction of sp³-hybridized carbons (Fsp3) is 0.500. The number of ether oxygens (including phenoxy) is 2. The van der Waals surface area contributed by atoms with Crippen LogP contribution in [0.15, 0.2) is 18.2 Å². The average Bonchev–Trinajstić information content (AvgIpc) is 2.31. The second kappa shape index (κ2) is 7.57. The number of para-hydroxylation sites is 1. The zero-order valence-electron chi connectivity index (χ0n) is 10.4. The summed E-state index contributed by atoms with van der Waals surface area (Å²) in [6.45, 7) is -0.859. The molecule has 19 heavy (non-hydrogen) atoms. The van der Waals surface area contributed by atoms with E-state index in [1.807, 2.05) is 6.07 Å². The van der Waals surface area contributed by atoms with Crippen molar-refractivity contribution in [2.24, 2.45) is 0 Å². The van der Waals surface area contributed by atoms with Crippen molar-refractivity contribution >= 4 is 11.6 Å². The predicted octanol–water partition coefficient (Wildman–Crippen LogP) is 3.02. The SMILES string of the molecule is CNCc1cccc(Cl)c1OCCOCC(F)(F)F. The predicted molar refractivity (Wildman–Crippen MR) is 66.6 cm³/mol. The number of nitrogens with one attached hydrogen (secondary N) is 1. The quantitative estimate of drug-likeness (QED) is 0.785. The highest BCUT2D eigenvalue weighted by Gasteiger charge is 2.27. The van der Waals surface area contributed by atoms with E-state index in [0.717, 1.165) is 5.56 Å². The fourth-order valence-corrected chi connectivity index (χ4v) is 1.68. The third-order valence-electron chi connectivity index (χ3n) is 2.16. The molecule has 3 nitrogen and oxygen atoms in total. The molecule has 0 atom stereocenters. The Morgan fingerprint density at radius 1 is 1.26 bits per heavy atom. The number of rotatable bonds is 7. The van der Waals surface area contributed by atoms with Crippen molar-refractivity contribution in [2.45, 2.75) is 12.7 Å². The van der Waals surface area contributed by atoms with Gasteiger partial charge in [-0.15, -0.1) is 0 Å². The van der Waals surface area contributed by atoms with E-state index in [0.29, 0.717) is 17.3 Å². The molecule has 0 bridgehead atoms. The lowest BCUT2D eigenvalue weighted by Crippen LogP contribution is -2.19. The van der Waals surface area contributed by atoms with Crippen LogP contribution in [0.25, 0.3) is 0 Å². The molecule has 0 aromatic heterocycles. The second-order valence-corrected chi connectivity index (χ2v) is 4.18. The van der Waals surface area contributed by atoms with E-state index in [1.54, 1.807) is 19.2 Å². The van der Waals surface area contributed by atoms with Crippen molar-refractivity contribution in [2.75, 3.05) is 26.9 Å². The Kier molecular flexibility index (Phi) is 6.41. The number of hydrogen-bond acceptors (Lipinski definition) is 3. The van der Waals surface area contributed by atoms with Crippen LogP contribution in [0.4, 0.5) is 13.2 Å². The summed E-state index contributed by atoms with van der Waals surface area (Å²) in [6, 6.07) is 5.27. The van der Waals surface area contributed by atoms with Crippen LogP contribution in [0, 0.1) is 0 Å². The largest absolute Gasteiger partial charge is 0.489 e. The van der Waals surface area contributed by atoms with E-state index in [1.165, 1.54) is 0 Å². The number of halogens is 4. The van der Waals surface area contributed by atoms with Gasteiger partial charge in [0.2, 0.25) is 0 Å². The van der Waals surface area contributed by atoms with Crippen molar-refractivity contribution in [3.05, 3.63) is 28.8 Å². The molecule has 1 rings (SSSR count). The van der Waals surface area contributed by atoms with E-state index < -0.39 is 12.8 Å². The minimum absolute atomic E-state index is 0.0104. The molecule has 0 amide bonds. The molecule has 0 saturated carbocycles. The molecule has 0 radical (unpaired) electrons. The normalized spacial score (nSPS) is 11.6. The van der Waals surface area contributed by atoms with Gasteiger partial charge in [0.05, 0.1) is 11.6 Å². The molecule has 0 fully saturated rings. The number of benzene rings is 1. The second-order valence-electron chi connectivity index (χ2n) is 3.77. The van der Waals surface area contributed by atoms with E-state index in [-0.39, 0.29) is 13.2 Å². The Morgan fingerprint density at radius 3 is 2.63 bits per heavy atom. The molecule has 1 aromatic rings. The molecule has 7 heteroatoms. The van der Waals surface area contributed by atoms with Gasteiger partial charge < -0.3 is 14.8 Å². The van der Waals surface area contributed by atoms with Crippen LogP contribution in [0.5, 0.6) is 5.75 Å². The van der Waals surface area contributed by atoms with Crippen LogP contribution < -0.4 is 10.1 Å². The molecular formula is C12H15ClF3NO2. The fourth-order valence-electron chi connectivity index (χ4n) is 1.44. The molecule has 1 aromatic carbocycles. The van der Waals surface area contributed by atoms with Gasteiger partial charge in [-0.25, -0.2) is 0 Å². The maximum Gasteiger partial charge on any atom is 0.411 e. The van der Waals surface area contributed by atoms with E-state index in [9.17, 15) is 13.2 Å². The standard InChI is InChI=1S/C12H15ClF3NO2/c1-17-7-9-3-2-4-10(13)11(9)19-6-5-18-8-12(14,15)16/h2-4,17H,5-8H2,1H3. The summed E-state index contributed by atoms with van der Waals surface area (Å²) >= 11 is 5.98. The van der Waals surface area contributed by atoms with Crippen molar-refractivity contribution in [1.82, 2.24) is 5.32 Å². The maximum absolute atomic E-state index is 11.8. The first-order chi connectivity index (χ1) is 8.94. The van der Waals surface area contributed by atoms with Gasteiger partial charge in [0.1, 0.15) is 19.0 Å². The third kappa shape index (κ3) is 6.13. The summed E-state index contributed by atoms with van der Waals surface area (Å²) in [5, 5.41) is 3.37. The van der Waals surface area contributed by atoms with Crippen LogP contribution >= 0.6 is 11.6 Å². The molecule has 108 valence electrons. The summed E-state index contributed by atoms with van der Waals surface area (Å²) in [6.07, 6.45) is -4.32. The first kappa shape index (κ1) is 16.1. The molecule has 0 heterocycles. The highest BCUT2D eigenvalue weighted by molar-refractivity contribution is 6.32. The minimum Gasteiger partial charge on any atom is -0.489 e. The lowest BCUT2D eigenvalue weighted by atomic mass is 10.2. The van der Waals surface area contributed by atoms with Gasteiger partial charge in [-0.2, -0.15) is 13.2 Å². The van der Waals surface area contributed by atoms with Gasteiger partial charge in [0.25, 0.3) is 0 Å². The molecule has 0 saturated heterocycles. The van der Waals surface area contributed by atoms with Crippen LogP contribution in [0.3, 0.4) is 0 Å². The Hall–Kier alpha value is -0.980. The lowest BCUT2D eigenvalue weighted by molar-refractivity contribution is -0.175.